The van der Waals surface area contributed by atoms with E-state index in [1.54, 1.807) is 10.6 Å². The normalized spacial score (nSPS) is 27.3. The highest BCUT2D eigenvalue weighted by molar-refractivity contribution is 7.73. The standard InChI is InChI=1S/C27H40NOPSi/c1-29-21-22-12-11-19-28(22)20-25-26(17-18-27(25)31(2,3)4)30(23-13-7-5-8-14-23)24-15-9-6-10-16-24/h5-10,13-16,22,25-27H,11-12,17-21H2,1-4H3. The first kappa shape index (κ1) is 23.2. The van der Waals surface area contributed by atoms with Crippen molar-refractivity contribution in [1.29, 1.82) is 0 Å². The van der Waals surface area contributed by atoms with Gasteiger partial charge in [-0.05, 0) is 61.5 Å². The van der Waals surface area contributed by atoms with Gasteiger partial charge in [-0.15, -0.1) is 0 Å². The summed E-state index contributed by atoms with van der Waals surface area (Å²) in [6, 6.07) is 23.5. The van der Waals surface area contributed by atoms with E-state index in [1.807, 2.05) is 7.11 Å². The van der Waals surface area contributed by atoms with E-state index < -0.39 is 8.07 Å². The Bertz CT molecular complexity index is 769. The molecule has 1 saturated carbocycles. The predicted molar refractivity (Wildman–Crippen MR) is 139 cm³/mol. The van der Waals surface area contributed by atoms with Crippen LogP contribution in [0.4, 0.5) is 0 Å². The minimum absolute atomic E-state index is 0.343. The second-order valence-corrected chi connectivity index (χ2v) is 18.5. The van der Waals surface area contributed by atoms with Crippen molar-refractivity contribution in [3.05, 3.63) is 60.7 Å². The van der Waals surface area contributed by atoms with Crippen molar-refractivity contribution in [1.82, 2.24) is 4.90 Å². The van der Waals surface area contributed by atoms with Gasteiger partial charge in [-0.2, -0.15) is 0 Å². The third kappa shape index (κ3) is 5.33. The minimum atomic E-state index is -1.24. The molecule has 2 fully saturated rings. The van der Waals surface area contributed by atoms with Crippen LogP contribution < -0.4 is 10.6 Å². The van der Waals surface area contributed by atoms with Gasteiger partial charge < -0.3 is 4.74 Å². The van der Waals surface area contributed by atoms with Crippen molar-refractivity contribution in [3.8, 4) is 0 Å². The van der Waals surface area contributed by atoms with Crippen molar-refractivity contribution >= 4 is 26.6 Å². The highest BCUT2D eigenvalue weighted by Gasteiger charge is 2.47. The second kappa shape index (κ2) is 10.3. The Morgan fingerprint density at radius 1 is 0.903 bits per heavy atom. The molecule has 4 atom stereocenters. The first-order valence-electron chi connectivity index (χ1n) is 12.1. The number of ether oxygens (including phenoxy) is 1. The van der Waals surface area contributed by atoms with E-state index in [-0.39, 0.29) is 7.92 Å². The molecule has 2 aromatic carbocycles. The Morgan fingerprint density at radius 3 is 2.06 bits per heavy atom. The zero-order valence-corrected chi connectivity index (χ0v) is 21.7. The van der Waals surface area contributed by atoms with Crippen LogP contribution in [0.2, 0.25) is 25.2 Å². The van der Waals surface area contributed by atoms with Crippen molar-refractivity contribution in [2.75, 3.05) is 26.8 Å². The van der Waals surface area contributed by atoms with Gasteiger partial charge in [-0.1, -0.05) is 86.7 Å². The van der Waals surface area contributed by atoms with Crippen molar-refractivity contribution in [3.63, 3.8) is 0 Å². The first-order chi connectivity index (χ1) is 15.0. The lowest BCUT2D eigenvalue weighted by Gasteiger charge is -2.39. The fourth-order valence-electron chi connectivity index (χ4n) is 6.19. The van der Waals surface area contributed by atoms with Gasteiger partial charge in [0.2, 0.25) is 0 Å². The smallest absolute Gasteiger partial charge is 0.0618 e. The maximum Gasteiger partial charge on any atom is 0.0618 e. The summed E-state index contributed by atoms with van der Waals surface area (Å²) in [4.78, 5) is 2.79. The summed E-state index contributed by atoms with van der Waals surface area (Å²) in [6.07, 6.45) is 5.44. The van der Waals surface area contributed by atoms with Crippen molar-refractivity contribution < 1.29 is 4.74 Å². The van der Waals surface area contributed by atoms with Gasteiger partial charge in [-0.25, -0.2) is 0 Å². The molecule has 2 aromatic rings. The van der Waals surface area contributed by atoms with Gasteiger partial charge in [0.15, 0.2) is 0 Å². The summed E-state index contributed by atoms with van der Waals surface area (Å²) in [7, 11) is 0.285. The number of hydrogen-bond acceptors (Lipinski definition) is 2. The van der Waals surface area contributed by atoms with Crippen LogP contribution >= 0.6 is 7.92 Å². The molecule has 1 aliphatic carbocycles. The summed E-state index contributed by atoms with van der Waals surface area (Å²) in [6.45, 7) is 11.2. The van der Waals surface area contributed by atoms with Gasteiger partial charge in [0.05, 0.1) is 6.61 Å². The Hall–Kier alpha value is -0.993. The molecule has 2 nitrogen and oxygen atoms in total. The molecule has 1 heterocycles. The molecule has 0 spiro atoms. The fraction of sp³-hybridized carbons (Fsp3) is 0.556. The van der Waals surface area contributed by atoms with Crippen LogP contribution in [0.25, 0.3) is 0 Å². The van der Waals surface area contributed by atoms with Crippen molar-refractivity contribution in [2.24, 2.45) is 5.92 Å². The average Bonchev–Trinajstić information content (AvgIpc) is 3.38. The molecule has 4 heteroatoms. The number of methoxy groups -OCH3 is 1. The monoisotopic (exact) mass is 453 g/mol. The van der Waals surface area contributed by atoms with Gasteiger partial charge in [0.25, 0.3) is 0 Å². The Morgan fingerprint density at radius 2 is 1.52 bits per heavy atom. The molecule has 1 aliphatic heterocycles. The zero-order chi connectivity index (χ0) is 21.8. The number of benzene rings is 2. The van der Waals surface area contributed by atoms with E-state index in [2.05, 4.69) is 85.2 Å². The minimum Gasteiger partial charge on any atom is -0.383 e. The molecule has 2 aliphatic rings. The average molecular weight is 454 g/mol. The van der Waals surface area contributed by atoms with Crippen LogP contribution in [-0.2, 0) is 4.74 Å². The van der Waals surface area contributed by atoms with Gasteiger partial charge >= 0.3 is 0 Å². The second-order valence-electron chi connectivity index (χ2n) is 10.6. The summed E-state index contributed by atoms with van der Waals surface area (Å²) in [5.74, 6) is 0.802. The Kier molecular flexibility index (Phi) is 7.70. The number of hydrogen-bond donors (Lipinski definition) is 0. The van der Waals surface area contributed by atoms with E-state index >= 15 is 0 Å². The molecular weight excluding hydrogens is 413 g/mol. The molecule has 168 valence electrons. The molecule has 4 rings (SSSR count). The third-order valence-electron chi connectivity index (χ3n) is 7.60. The molecule has 0 radical (unpaired) electrons. The van der Waals surface area contributed by atoms with E-state index in [0.717, 1.165) is 23.7 Å². The molecule has 0 amide bonds. The van der Waals surface area contributed by atoms with Gasteiger partial charge in [0.1, 0.15) is 0 Å². The predicted octanol–water partition coefficient (Wildman–Crippen LogP) is 5.72. The summed E-state index contributed by atoms with van der Waals surface area (Å²) < 4.78 is 5.60. The van der Waals surface area contributed by atoms with Crippen molar-refractivity contribution in [2.45, 2.75) is 62.6 Å². The van der Waals surface area contributed by atoms with Gasteiger partial charge in [-0.3, -0.25) is 4.90 Å². The maximum absolute atomic E-state index is 5.60. The zero-order valence-electron chi connectivity index (χ0n) is 19.8. The Labute approximate surface area is 192 Å². The molecule has 4 unspecified atom stereocenters. The summed E-state index contributed by atoms with van der Waals surface area (Å²) in [5, 5.41) is 3.12. The van der Waals surface area contributed by atoms with Gasteiger partial charge in [0, 0.05) is 27.8 Å². The molecule has 1 saturated heterocycles. The van der Waals surface area contributed by atoms with Crippen LogP contribution in [0.3, 0.4) is 0 Å². The van der Waals surface area contributed by atoms with E-state index in [9.17, 15) is 0 Å². The molecule has 0 bridgehead atoms. The SMILES string of the molecule is COCC1CCCN1CC1C(P(c2ccccc2)c2ccccc2)CCC1[Si](C)(C)C. The van der Waals surface area contributed by atoms with Crippen LogP contribution in [-0.4, -0.2) is 51.5 Å². The summed E-state index contributed by atoms with van der Waals surface area (Å²) >= 11 is 0. The van der Waals surface area contributed by atoms with E-state index in [1.165, 1.54) is 38.8 Å². The maximum atomic E-state index is 5.60. The number of nitrogens with zero attached hydrogens (tertiary/aromatic N) is 1. The molecule has 0 N–H and O–H groups in total. The molecule has 0 aromatic heterocycles. The molecular formula is C27H40NOPSi. The van der Waals surface area contributed by atoms with Crippen LogP contribution in [0, 0.1) is 5.92 Å². The molecule has 31 heavy (non-hydrogen) atoms. The number of likely N-dealkylation sites (tertiary alicyclic amines) is 1. The number of rotatable bonds is 8. The lowest BCUT2D eigenvalue weighted by molar-refractivity contribution is 0.106. The fourth-order valence-corrected chi connectivity index (χ4v) is 12.1. The third-order valence-corrected chi connectivity index (χ3v) is 13.6. The quantitative estimate of drug-likeness (QED) is 0.375. The topological polar surface area (TPSA) is 12.5 Å². The van der Waals surface area contributed by atoms with Crippen LogP contribution in [0.15, 0.2) is 60.7 Å². The lowest BCUT2D eigenvalue weighted by Crippen LogP contribution is -2.43. The first-order valence-corrected chi connectivity index (χ1v) is 17.1. The van der Waals surface area contributed by atoms with E-state index in [0.29, 0.717) is 6.04 Å². The highest BCUT2D eigenvalue weighted by atomic mass is 31.1. The van der Waals surface area contributed by atoms with Crippen LogP contribution in [0.1, 0.15) is 25.7 Å². The van der Waals surface area contributed by atoms with E-state index in [4.69, 9.17) is 4.74 Å². The lowest BCUT2D eigenvalue weighted by atomic mass is 10.1. The Balaban J connectivity index is 1.69. The largest absolute Gasteiger partial charge is 0.383 e. The highest BCUT2D eigenvalue weighted by Crippen LogP contribution is 2.56. The summed E-state index contributed by atoms with van der Waals surface area (Å²) in [5.41, 5.74) is 1.69. The van der Waals surface area contributed by atoms with Crippen LogP contribution in [0.5, 0.6) is 0 Å².